The smallest absolute Gasteiger partial charge is 0.0378 e. The predicted molar refractivity (Wildman–Crippen MR) is 64.5 cm³/mol. The monoisotopic (exact) mass is 207 g/mol. The van der Waals surface area contributed by atoms with Crippen LogP contribution in [0.2, 0.25) is 0 Å². The lowest BCUT2D eigenvalue weighted by Gasteiger charge is -2.20. The molecule has 1 aromatic carbocycles. The first-order valence-electron chi connectivity index (χ1n) is 5.29. The van der Waals surface area contributed by atoms with Gasteiger partial charge in [0.2, 0.25) is 0 Å². The molecule has 0 bridgehead atoms. The van der Waals surface area contributed by atoms with Crippen molar-refractivity contribution in [1.29, 1.82) is 0 Å². The molecule has 1 rings (SSSR count). The fraction of sp³-hybridized carbons (Fsp3) is 0.500. The molecule has 0 aromatic heterocycles. The summed E-state index contributed by atoms with van der Waals surface area (Å²) < 4.78 is 0. The maximum absolute atomic E-state index is 5.54. The Hall–Kier alpha value is -0.900. The Morgan fingerprint density at radius 1 is 1.33 bits per heavy atom. The largest absolute Gasteiger partial charge is 0.308 e. The summed E-state index contributed by atoms with van der Waals surface area (Å²) in [7, 11) is 4.12. The van der Waals surface area contributed by atoms with E-state index in [0.29, 0.717) is 6.04 Å². The molecular formula is C12H21N3. The highest BCUT2D eigenvalue weighted by molar-refractivity contribution is 5.26. The topological polar surface area (TPSA) is 41.3 Å². The molecule has 1 unspecified atom stereocenters. The van der Waals surface area contributed by atoms with Crippen molar-refractivity contribution in [3.05, 3.63) is 35.4 Å². The van der Waals surface area contributed by atoms with E-state index in [-0.39, 0.29) is 0 Å². The minimum absolute atomic E-state index is 0.307. The van der Waals surface area contributed by atoms with Gasteiger partial charge in [0, 0.05) is 12.6 Å². The maximum Gasteiger partial charge on any atom is 0.0378 e. The molecule has 1 atom stereocenters. The fourth-order valence-corrected chi connectivity index (χ4v) is 1.72. The molecule has 0 aliphatic carbocycles. The Morgan fingerprint density at radius 2 is 2.00 bits per heavy atom. The fourth-order valence-electron chi connectivity index (χ4n) is 1.72. The normalized spacial score (nSPS) is 13.1. The number of nitrogens with two attached hydrogens (primary N) is 1. The van der Waals surface area contributed by atoms with Crippen LogP contribution in [0, 0.1) is 6.92 Å². The number of rotatable bonds is 5. The molecule has 84 valence electrons. The summed E-state index contributed by atoms with van der Waals surface area (Å²) in [6, 6.07) is 8.75. The van der Waals surface area contributed by atoms with Crippen LogP contribution in [0.3, 0.4) is 0 Å². The van der Waals surface area contributed by atoms with Crippen molar-refractivity contribution in [2.75, 3.05) is 20.6 Å². The number of nitrogens with zero attached hydrogens (tertiary/aromatic N) is 1. The third kappa shape index (κ3) is 4.00. The molecule has 3 nitrogen and oxygen atoms in total. The molecule has 0 radical (unpaired) electrons. The van der Waals surface area contributed by atoms with Gasteiger partial charge in [0.15, 0.2) is 0 Å². The Labute approximate surface area is 92.2 Å². The summed E-state index contributed by atoms with van der Waals surface area (Å²) in [5.74, 6) is 5.54. The highest BCUT2D eigenvalue weighted by atomic mass is 15.3. The van der Waals surface area contributed by atoms with Gasteiger partial charge in [0.1, 0.15) is 0 Å². The first kappa shape index (κ1) is 12.2. The lowest BCUT2D eigenvalue weighted by atomic mass is 10.0. The number of hydrogen-bond donors (Lipinski definition) is 2. The van der Waals surface area contributed by atoms with Gasteiger partial charge in [-0.25, -0.2) is 0 Å². The van der Waals surface area contributed by atoms with Gasteiger partial charge in [-0.1, -0.05) is 24.3 Å². The molecule has 0 fully saturated rings. The van der Waals surface area contributed by atoms with Crippen LogP contribution >= 0.6 is 0 Å². The molecule has 0 saturated heterocycles. The lowest BCUT2D eigenvalue weighted by Crippen LogP contribution is -2.43. The quantitative estimate of drug-likeness (QED) is 0.557. The van der Waals surface area contributed by atoms with Gasteiger partial charge >= 0.3 is 0 Å². The number of hydrogen-bond acceptors (Lipinski definition) is 3. The van der Waals surface area contributed by atoms with Gasteiger partial charge in [-0.2, -0.15) is 0 Å². The van der Waals surface area contributed by atoms with Crippen molar-refractivity contribution in [2.45, 2.75) is 19.4 Å². The zero-order valence-electron chi connectivity index (χ0n) is 9.83. The molecule has 0 heterocycles. The van der Waals surface area contributed by atoms with Crippen molar-refractivity contribution in [3.8, 4) is 0 Å². The van der Waals surface area contributed by atoms with Crippen LogP contribution in [0.15, 0.2) is 24.3 Å². The van der Waals surface area contributed by atoms with Gasteiger partial charge in [0.25, 0.3) is 0 Å². The molecule has 15 heavy (non-hydrogen) atoms. The van der Waals surface area contributed by atoms with Crippen LogP contribution in [0.5, 0.6) is 0 Å². The Bertz CT molecular complexity index is 297. The van der Waals surface area contributed by atoms with E-state index in [2.05, 4.69) is 55.6 Å². The third-order valence-corrected chi connectivity index (χ3v) is 2.55. The van der Waals surface area contributed by atoms with Crippen LogP contribution < -0.4 is 11.3 Å². The summed E-state index contributed by atoms with van der Waals surface area (Å²) in [6.45, 7) is 3.09. The second-order valence-corrected chi connectivity index (χ2v) is 4.26. The van der Waals surface area contributed by atoms with E-state index >= 15 is 0 Å². The lowest BCUT2D eigenvalue weighted by molar-refractivity contribution is 0.338. The van der Waals surface area contributed by atoms with E-state index in [1.54, 1.807) is 0 Å². The molecule has 3 heteroatoms. The summed E-state index contributed by atoms with van der Waals surface area (Å²) in [6.07, 6.45) is 0.974. The second-order valence-electron chi connectivity index (χ2n) is 4.26. The second kappa shape index (κ2) is 5.85. The molecule has 3 N–H and O–H groups in total. The number of nitrogens with one attached hydrogen (secondary N) is 1. The molecule has 1 aromatic rings. The summed E-state index contributed by atoms with van der Waals surface area (Å²) in [5.41, 5.74) is 5.56. The van der Waals surface area contributed by atoms with Crippen LogP contribution in [0.1, 0.15) is 11.1 Å². The van der Waals surface area contributed by atoms with Gasteiger partial charge in [-0.3, -0.25) is 11.3 Å². The first-order chi connectivity index (χ1) is 7.13. The Morgan fingerprint density at radius 3 is 2.53 bits per heavy atom. The predicted octanol–water partition coefficient (Wildman–Crippen LogP) is 0.931. The minimum Gasteiger partial charge on any atom is -0.308 e. The standard InChI is InChI=1S/C12H21N3/c1-10-6-4-5-7-11(10)8-12(14-13)9-15(2)3/h4-7,12,14H,8-9,13H2,1-3H3. The zero-order valence-corrected chi connectivity index (χ0v) is 9.83. The average Bonchev–Trinajstić information content (AvgIpc) is 2.19. The van der Waals surface area contributed by atoms with Gasteiger partial charge in [0.05, 0.1) is 0 Å². The Kier molecular flexibility index (Phi) is 4.75. The van der Waals surface area contributed by atoms with Crippen LogP contribution in [0.4, 0.5) is 0 Å². The summed E-state index contributed by atoms with van der Waals surface area (Å²) >= 11 is 0. The number of aryl methyl sites for hydroxylation is 1. The van der Waals surface area contributed by atoms with Crippen LogP contribution in [-0.4, -0.2) is 31.6 Å². The summed E-state index contributed by atoms with van der Waals surface area (Å²) in [4.78, 5) is 2.14. The highest BCUT2D eigenvalue weighted by Crippen LogP contribution is 2.09. The van der Waals surface area contributed by atoms with Crippen LogP contribution in [-0.2, 0) is 6.42 Å². The van der Waals surface area contributed by atoms with Crippen molar-refractivity contribution in [3.63, 3.8) is 0 Å². The van der Waals surface area contributed by atoms with Crippen molar-refractivity contribution in [1.82, 2.24) is 10.3 Å². The van der Waals surface area contributed by atoms with E-state index in [0.717, 1.165) is 13.0 Å². The summed E-state index contributed by atoms with van der Waals surface area (Å²) in [5, 5.41) is 0. The maximum atomic E-state index is 5.54. The van der Waals surface area contributed by atoms with E-state index in [4.69, 9.17) is 5.84 Å². The molecular weight excluding hydrogens is 186 g/mol. The zero-order chi connectivity index (χ0) is 11.3. The van der Waals surface area contributed by atoms with Crippen LogP contribution in [0.25, 0.3) is 0 Å². The van der Waals surface area contributed by atoms with Gasteiger partial charge in [-0.15, -0.1) is 0 Å². The van der Waals surface area contributed by atoms with Crippen molar-refractivity contribution in [2.24, 2.45) is 5.84 Å². The van der Waals surface area contributed by atoms with Crippen molar-refractivity contribution < 1.29 is 0 Å². The average molecular weight is 207 g/mol. The molecule has 0 aliphatic rings. The molecule has 0 spiro atoms. The first-order valence-corrected chi connectivity index (χ1v) is 5.29. The van der Waals surface area contributed by atoms with Gasteiger partial charge in [-0.05, 0) is 38.6 Å². The van der Waals surface area contributed by atoms with E-state index in [9.17, 15) is 0 Å². The van der Waals surface area contributed by atoms with Gasteiger partial charge < -0.3 is 4.90 Å². The molecule has 0 aliphatic heterocycles. The highest BCUT2D eigenvalue weighted by Gasteiger charge is 2.09. The van der Waals surface area contributed by atoms with E-state index in [1.807, 2.05) is 0 Å². The van der Waals surface area contributed by atoms with E-state index < -0.39 is 0 Å². The minimum atomic E-state index is 0.307. The number of hydrazine groups is 1. The van der Waals surface area contributed by atoms with E-state index in [1.165, 1.54) is 11.1 Å². The number of likely N-dealkylation sites (N-methyl/N-ethyl adjacent to an activating group) is 1. The Balaban J connectivity index is 2.62. The van der Waals surface area contributed by atoms with Crippen molar-refractivity contribution >= 4 is 0 Å². The molecule has 0 saturated carbocycles. The SMILES string of the molecule is Cc1ccccc1CC(CN(C)C)NN. The molecule has 0 amide bonds. The number of benzene rings is 1. The third-order valence-electron chi connectivity index (χ3n) is 2.55.